The number of aromatic nitrogens is 2. The zero-order valence-corrected chi connectivity index (χ0v) is 25.4. The molecule has 0 N–H and O–H groups in total. The van der Waals surface area contributed by atoms with Crippen LogP contribution < -0.4 is 0 Å². The molecule has 3 heterocycles. The van der Waals surface area contributed by atoms with Crippen molar-refractivity contribution in [1.82, 2.24) is 9.97 Å². The Morgan fingerprint density at radius 3 is 2.00 bits per heavy atom. The zero-order valence-electron chi connectivity index (χ0n) is 25.4. The van der Waals surface area contributed by atoms with E-state index >= 15 is 0 Å². The summed E-state index contributed by atoms with van der Waals surface area (Å²) in [5.74, 6) is 0. The second-order valence-electron chi connectivity index (χ2n) is 13.0. The summed E-state index contributed by atoms with van der Waals surface area (Å²) in [4.78, 5) is 10.1. The molecule has 0 bridgehead atoms. The molecule has 3 nitrogen and oxygen atoms in total. The summed E-state index contributed by atoms with van der Waals surface area (Å²) < 4.78 is 6.72. The molecule has 45 heavy (non-hydrogen) atoms. The Morgan fingerprint density at radius 2 is 1.18 bits per heavy atom. The van der Waals surface area contributed by atoms with Gasteiger partial charge in [-0.2, -0.15) is 0 Å². The van der Waals surface area contributed by atoms with Crippen LogP contribution in [-0.4, -0.2) is 9.97 Å². The van der Waals surface area contributed by atoms with Crippen LogP contribution in [0, 0.1) is 0 Å². The predicted octanol–water partition coefficient (Wildman–Crippen LogP) is 11.6. The molecule has 0 unspecified atom stereocenters. The number of furan rings is 1. The molecule has 3 aromatic heterocycles. The highest BCUT2D eigenvalue weighted by molar-refractivity contribution is 6.27. The van der Waals surface area contributed by atoms with Crippen molar-refractivity contribution in [2.75, 3.05) is 0 Å². The number of nitrogens with zero attached hydrogens (tertiary/aromatic N) is 2. The van der Waals surface area contributed by atoms with Gasteiger partial charge in [-0.3, -0.25) is 9.97 Å². The van der Waals surface area contributed by atoms with Gasteiger partial charge < -0.3 is 4.42 Å². The van der Waals surface area contributed by atoms with Gasteiger partial charge in [0.25, 0.3) is 0 Å². The lowest BCUT2D eigenvalue weighted by Gasteiger charge is -2.24. The first kappa shape index (κ1) is 25.9. The summed E-state index contributed by atoms with van der Waals surface area (Å²) in [5.41, 5.74) is 8.07. The minimum atomic E-state index is -0.132. The molecule has 9 aromatic rings. The fourth-order valence-electron chi connectivity index (χ4n) is 7.18. The van der Waals surface area contributed by atoms with Gasteiger partial charge in [-0.05, 0) is 67.9 Å². The van der Waals surface area contributed by atoms with Gasteiger partial charge in [0, 0.05) is 44.9 Å². The van der Waals surface area contributed by atoms with Gasteiger partial charge in [-0.15, -0.1) is 0 Å². The van der Waals surface area contributed by atoms with Gasteiger partial charge in [0.2, 0.25) is 0 Å². The molecular weight excluding hydrogens is 548 g/mol. The van der Waals surface area contributed by atoms with Crippen LogP contribution in [0.25, 0.3) is 87.5 Å². The van der Waals surface area contributed by atoms with Gasteiger partial charge in [-0.25, -0.2) is 0 Å². The first-order valence-corrected chi connectivity index (χ1v) is 15.5. The second-order valence-corrected chi connectivity index (χ2v) is 13.0. The Balaban J connectivity index is 1.37. The largest absolute Gasteiger partial charge is 0.455 e. The van der Waals surface area contributed by atoms with Gasteiger partial charge in [-0.1, -0.05) is 112 Å². The van der Waals surface area contributed by atoms with E-state index in [1.165, 1.54) is 49.0 Å². The van der Waals surface area contributed by atoms with E-state index in [0.717, 1.165) is 44.1 Å². The normalized spacial score (nSPS) is 12.3. The number of benzene rings is 6. The Bertz CT molecular complexity index is 2590. The highest BCUT2D eigenvalue weighted by Gasteiger charge is 2.24. The molecule has 214 valence electrons. The van der Waals surface area contributed by atoms with E-state index < -0.39 is 0 Å². The summed E-state index contributed by atoms with van der Waals surface area (Å²) in [6, 6.07) is 40.9. The van der Waals surface area contributed by atoms with Crippen LogP contribution in [0.1, 0.15) is 26.3 Å². The molecule has 0 radical (unpaired) electrons. The van der Waals surface area contributed by atoms with Crippen molar-refractivity contribution in [1.29, 1.82) is 0 Å². The molecule has 9 rings (SSSR count). The van der Waals surface area contributed by atoms with Crippen molar-refractivity contribution in [2.24, 2.45) is 0 Å². The average Bonchev–Trinajstić information content (AvgIpc) is 3.47. The van der Waals surface area contributed by atoms with Gasteiger partial charge in [0.1, 0.15) is 11.2 Å². The third-order valence-corrected chi connectivity index (χ3v) is 9.28. The lowest BCUT2D eigenvalue weighted by atomic mass is 9.81. The maximum absolute atomic E-state index is 6.72. The number of rotatable bonds is 2. The fourth-order valence-corrected chi connectivity index (χ4v) is 7.18. The Kier molecular flexibility index (Phi) is 5.46. The summed E-state index contributed by atoms with van der Waals surface area (Å²) >= 11 is 0. The topological polar surface area (TPSA) is 38.9 Å². The number of pyridine rings is 2. The Labute approximate surface area is 260 Å². The SMILES string of the molecule is CC(C)(C)c1cnc(-c2cccc3c2oc2c4ccccc4ccc32)cc1-c1cccc2c3ccccc3c3cccnc3c12. The van der Waals surface area contributed by atoms with Crippen LogP contribution in [0.3, 0.4) is 0 Å². The van der Waals surface area contributed by atoms with Crippen LogP contribution in [0.2, 0.25) is 0 Å². The summed E-state index contributed by atoms with van der Waals surface area (Å²) in [5, 5.41) is 10.5. The molecule has 0 saturated heterocycles. The Morgan fingerprint density at radius 1 is 0.511 bits per heavy atom. The first-order chi connectivity index (χ1) is 22.0. The molecular formula is C42H30N2O. The highest BCUT2D eigenvalue weighted by atomic mass is 16.3. The zero-order chi connectivity index (χ0) is 30.3. The monoisotopic (exact) mass is 578 g/mol. The van der Waals surface area contributed by atoms with Crippen LogP contribution in [0.4, 0.5) is 0 Å². The van der Waals surface area contributed by atoms with Crippen LogP contribution in [-0.2, 0) is 5.41 Å². The predicted molar refractivity (Wildman–Crippen MR) is 189 cm³/mol. The number of hydrogen-bond acceptors (Lipinski definition) is 3. The minimum Gasteiger partial charge on any atom is -0.455 e. The van der Waals surface area contributed by atoms with Gasteiger partial charge in [0.05, 0.1) is 11.2 Å². The van der Waals surface area contributed by atoms with E-state index in [-0.39, 0.29) is 5.41 Å². The molecule has 0 saturated carbocycles. The van der Waals surface area contributed by atoms with Gasteiger partial charge in [0.15, 0.2) is 0 Å². The molecule has 3 heteroatoms. The standard InChI is InChI=1S/C42H30N2O/c1-42(2,3)36-24-44-37(34-18-9-17-32-33-21-20-25-11-4-5-12-26(25)40(33)45-41(32)34)23-35(36)30-16-8-15-29-27-13-6-7-14-28(27)31-19-10-22-43-39(31)38(29)30/h4-24H,1-3H3. The van der Waals surface area contributed by atoms with Crippen LogP contribution >= 0.6 is 0 Å². The molecule has 0 fully saturated rings. The number of hydrogen-bond donors (Lipinski definition) is 0. The molecule has 0 spiro atoms. The lowest BCUT2D eigenvalue weighted by Crippen LogP contribution is -2.13. The van der Waals surface area contributed by atoms with Crippen molar-refractivity contribution >= 4 is 65.2 Å². The molecule has 6 aromatic carbocycles. The summed E-state index contributed by atoms with van der Waals surface area (Å²) in [6.45, 7) is 6.78. The van der Waals surface area contributed by atoms with E-state index in [1.807, 2.05) is 12.3 Å². The molecule has 0 aliphatic carbocycles. The summed E-state index contributed by atoms with van der Waals surface area (Å²) in [6.07, 6.45) is 3.97. The second kappa shape index (κ2) is 9.48. The van der Waals surface area contributed by atoms with E-state index in [1.54, 1.807) is 0 Å². The van der Waals surface area contributed by atoms with Crippen LogP contribution in [0.5, 0.6) is 0 Å². The smallest absolute Gasteiger partial charge is 0.144 e. The van der Waals surface area contributed by atoms with E-state index in [0.29, 0.717) is 0 Å². The highest BCUT2D eigenvalue weighted by Crippen LogP contribution is 2.44. The van der Waals surface area contributed by atoms with Crippen molar-refractivity contribution in [3.63, 3.8) is 0 Å². The Hall–Kier alpha value is -5.54. The van der Waals surface area contributed by atoms with E-state index in [9.17, 15) is 0 Å². The van der Waals surface area contributed by atoms with Crippen LogP contribution in [0.15, 0.2) is 132 Å². The van der Waals surface area contributed by atoms with Crippen molar-refractivity contribution in [3.05, 3.63) is 133 Å². The van der Waals surface area contributed by atoms with Crippen molar-refractivity contribution in [3.8, 4) is 22.4 Å². The van der Waals surface area contributed by atoms with Crippen molar-refractivity contribution < 1.29 is 4.42 Å². The maximum atomic E-state index is 6.72. The molecule has 0 aliphatic rings. The minimum absolute atomic E-state index is 0.132. The molecule has 0 amide bonds. The average molecular weight is 579 g/mol. The van der Waals surface area contributed by atoms with E-state index in [4.69, 9.17) is 14.4 Å². The maximum Gasteiger partial charge on any atom is 0.144 e. The van der Waals surface area contributed by atoms with Gasteiger partial charge >= 0.3 is 0 Å². The lowest BCUT2D eigenvalue weighted by molar-refractivity contribution is 0.589. The first-order valence-electron chi connectivity index (χ1n) is 15.5. The number of fused-ring (bicyclic) bond motifs is 11. The summed E-state index contributed by atoms with van der Waals surface area (Å²) in [7, 11) is 0. The third kappa shape index (κ3) is 3.84. The third-order valence-electron chi connectivity index (χ3n) is 9.28. The van der Waals surface area contributed by atoms with Crippen molar-refractivity contribution in [2.45, 2.75) is 26.2 Å². The number of para-hydroxylation sites is 1. The fraction of sp³-hybridized carbons (Fsp3) is 0.0952. The molecule has 0 aliphatic heterocycles. The van der Waals surface area contributed by atoms with E-state index in [2.05, 4.69) is 136 Å². The quantitative estimate of drug-likeness (QED) is 0.192. The molecule has 0 atom stereocenters.